The molecule has 4 nitrogen and oxygen atoms in total. The molecule has 1 heterocycles. The van der Waals surface area contributed by atoms with Gasteiger partial charge >= 0.3 is 5.97 Å². The van der Waals surface area contributed by atoms with Gasteiger partial charge in [0.1, 0.15) is 0 Å². The van der Waals surface area contributed by atoms with Crippen LogP contribution in [0.15, 0.2) is 30.3 Å². The topological polar surface area (TPSA) is 44.1 Å². The van der Waals surface area contributed by atoms with Crippen molar-refractivity contribution in [3.63, 3.8) is 0 Å². The number of aromatic nitrogens is 2. The van der Waals surface area contributed by atoms with E-state index in [1.807, 2.05) is 44.2 Å². The molecule has 0 amide bonds. The Labute approximate surface area is 116 Å². The molecule has 5 heteroatoms. The quantitative estimate of drug-likeness (QED) is 0.808. The Morgan fingerprint density at radius 1 is 1.32 bits per heavy atom. The van der Waals surface area contributed by atoms with Gasteiger partial charge in [-0.3, -0.25) is 0 Å². The lowest BCUT2D eigenvalue weighted by atomic mass is 10.1. The molecule has 0 fully saturated rings. The zero-order chi connectivity index (χ0) is 14.0. The molecule has 0 bridgehead atoms. The maximum Gasteiger partial charge on any atom is 0.360 e. The standard InChI is InChI=1S/C14H15ClN2O2/c1-9(2)13-11(15)12(14(18)19-3)16-17(13)10-7-5-4-6-8-10/h4-9H,1-3H3. The molecular formula is C14H15ClN2O2. The van der Waals surface area contributed by atoms with Crippen molar-refractivity contribution >= 4 is 17.6 Å². The van der Waals surface area contributed by atoms with Gasteiger partial charge in [-0.05, 0) is 18.1 Å². The molecule has 0 aliphatic rings. The molecule has 0 aliphatic carbocycles. The summed E-state index contributed by atoms with van der Waals surface area (Å²) in [5.74, 6) is -0.389. The first-order valence-electron chi connectivity index (χ1n) is 5.98. The zero-order valence-electron chi connectivity index (χ0n) is 11.1. The zero-order valence-corrected chi connectivity index (χ0v) is 11.8. The predicted octanol–water partition coefficient (Wildman–Crippen LogP) is 3.44. The minimum absolute atomic E-state index is 0.138. The van der Waals surface area contributed by atoms with Crippen LogP contribution in [0, 0.1) is 0 Å². The summed E-state index contributed by atoms with van der Waals surface area (Å²) in [6.45, 7) is 4.01. The van der Waals surface area contributed by atoms with Gasteiger partial charge in [-0.25, -0.2) is 9.48 Å². The fourth-order valence-electron chi connectivity index (χ4n) is 1.90. The fraction of sp³-hybridized carbons (Fsp3) is 0.286. The number of carbonyl (C=O) groups excluding carboxylic acids is 1. The van der Waals surface area contributed by atoms with Crippen molar-refractivity contribution in [1.29, 1.82) is 0 Å². The highest BCUT2D eigenvalue weighted by molar-refractivity contribution is 6.34. The minimum atomic E-state index is -0.526. The summed E-state index contributed by atoms with van der Waals surface area (Å²) in [7, 11) is 1.31. The van der Waals surface area contributed by atoms with Crippen molar-refractivity contribution in [2.75, 3.05) is 7.11 Å². The maximum absolute atomic E-state index is 11.7. The molecule has 1 aromatic carbocycles. The average molecular weight is 279 g/mol. The molecule has 0 aliphatic heterocycles. The lowest BCUT2D eigenvalue weighted by molar-refractivity contribution is 0.0593. The lowest BCUT2D eigenvalue weighted by Gasteiger charge is -2.10. The fourth-order valence-corrected chi connectivity index (χ4v) is 2.32. The van der Waals surface area contributed by atoms with Crippen LogP contribution in [-0.4, -0.2) is 22.9 Å². The second kappa shape index (κ2) is 5.45. The van der Waals surface area contributed by atoms with Crippen LogP contribution in [0.2, 0.25) is 5.02 Å². The molecule has 100 valence electrons. The first-order chi connectivity index (χ1) is 9.06. The van der Waals surface area contributed by atoms with E-state index in [4.69, 9.17) is 16.3 Å². The van der Waals surface area contributed by atoms with E-state index in [1.54, 1.807) is 4.68 Å². The molecular weight excluding hydrogens is 264 g/mol. The Morgan fingerprint density at radius 3 is 2.47 bits per heavy atom. The van der Waals surface area contributed by atoms with Crippen molar-refractivity contribution < 1.29 is 9.53 Å². The molecule has 0 unspecified atom stereocenters. The highest BCUT2D eigenvalue weighted by atomic mass is 35.5. The van der Waals surface area contributed by atoms with Gasteiger partial charge in [-0.1, -0.05) is 43.6 Å². The second-order valence-electron chi connectivity index (χ2n) is 4.44. The van der Waals surface area contributed by atoms with Gasteiger partial charge in [0.2, 0.25) is 0 Å². The lowest BCUT2D eigenvalue weighted by Crippen LogP contribution is -2.05. The van der Waals surface area contributed by atoms with Gasteiger partial charge in [-0.2, -0.15) is 5.10 Å². The Kier molecular flexibility index (Phi) is 3.90. The van der Waals surface area contributed by atoms with Crippen LogP contribution in [0.5, 0.6) is 0 Å². The molecule has 0 saturated heterocycles. The Balaban J connectivity index is 2.64. The summed E-state index contributed by atoms with van der Waals surface area (Å²) >= 11 is 6.26. The van der Waals surface area contributed by atoms with E-state index < -0.39 is 5.97 Å². The van der Waals surface area contributed by atoms with Crippen LogP contribution in [-0.2, 0) is 4.74 Å². The molecule has 19 heavy (non-hydrogen) atoms. The average Bonchev–Trinajstić information content (AvgIpc) is 2.76. The van der Waals surface area contributed by atoms with Crippen LogP contribution in [0.4, 0.5) is 0 Å². The van der Waals surface area contributed by atoms with Crippen LogP contribution >= 0.6 is 11.6 Å². The number of para-hydroxylation sites is 1. The largest absolute Gasteiger partial charge is 0.464 e. The van der Waals surface area contributed by atoms with Crippen molar-refractivity contribution in [3.8, 4) is 5.69 Å². The maximum atomic E-state index is 11.7. The van der Waals surface area contributed by atoms with Crippen molar-refractivity contribution in [2.45, 2.75) is 19.8 Å². The van der Waals surface area contributed by atoms with Crippen LogP contribution in [0.3, 0.4) is 0 Å². The summed E-state index contributed by atoms with van der Waals surface area (Å²) < 4.78 is 6.40. The first kappa shape index (κ1) is 13.6. The van der Waals surface area contributed by atoms with E-state index in [9.17, 15) is 4.79 Å². The summed E-state index contributed by atoms with van der Waals surface area (Å²) in [6, 6.07) is 9.57. The smallest absolute Gasteiger partial charge is 0.360 e. The number of benzene rings is 1. The molecule has 0 saturated carbocycles. The van der Waals surface area contributed by atoms with Gasteiger partial charge < -0.3 is 4.74 Å². The summed E-state index contributed by atoms with van der Waals surface area (Å²) in [5.41, 5.74) is 1.81. The number of halogens is 1. The van der Waals surface area contributed by atoms with Gasteiger partial charge in [0.15, 0.2) is 5.69 Å². The Bertz CT molecular complexity index is 591. The minimum Gasteiger partial charge on any atom is -0.464 e. The van der Waals surface area contributed by atoms with Crippen molar-refractivity contribution in [1.82, 2.24) is 9.78 Å². The number of hydrogen-bond donors (Lipinski definition) is 0. The number of carbonyl (C=O) groups is 1. The number of esters is 1. The van der Waals surface area contributed by atoms with E-state index in [-0.39, 0.29) is 11.6 Å². The van der Waals surface area contributed by atoms with Crippen LogP contribution < -0.4 is 0 Å². The van der Waals surface area contributed by atoms with Gasteiger partial charge in [-0.15, -0.1) is 0 Å². The van der Waals surface area contributed by atoms with E-state index in [1.165, 1.54) is 7.11 Å². The first-order valence-corrected chi connectivity index (χ1v) is 6.36. The molecule has 0 atom stereocenters. The Morgan fingerprint density at radius 2 is 1.95 bits per heavy atom. The summed E-state index contributed by atoms with van der Waals surface area (Å²) in [4.78, 5) is 11.7. The highest BCUT2D eigenvalue weighted by Crippen LogP contribution is 2.30. The molecule has 1 aromatic heterocycles. The SMILES string of the molecule is COC(=O)c1nn(-c2ccccc2)c(C(C)C)c1Cl. The highest BCUT2D eigenvalue weighted by Gasteiger charge is 2.24. The molecule has 2 aromatic rings. The normalized spacial score (nSPS) is 10.8. The second-order valence-corrected chi connectivity index (χ2v) is 4.82. The van der Waals surface area contributed by atoms with Gasteiger partial charge in [0, 0.05) is 0 Å². The number of ether oxygens (including phenoxy) is 1. The number of rotatable bonds is 3. The van der Waals surface area contributed by atoms with E-state index in [0.717, 1.165) is 11.4 Å². The third-order valence-electron chi connectivity index (χ3n) is 2.79. The number of methoxy groups -OCH3 is 1. The molecule has 0 N–H and O–H groups in total. The Hall–Kier alpha value is -1.81. The molecule has 0 radical (unpaired) electrons. The number of hydrogen-bond acceptors (Lipinski definition) is 3. The monoisotopic (exact) mass is 278 g/mol. The van der Waals surface area contributed by atoms with E-state index in [2.05, 4.69) is 5.10 Å². The van der Waals surface area contributed by atoms with Gasteiger partial charge in [0.25, 0.3) is 0 Å². The van der Waals surface area contributed by atoms with Crippen LogP contribution in [0.1, 0.15) is 35.9 Å². The molecule has 0 spiro atoms. The third kappa shape index (κ3) is 2.49. The number of nitrogens with zero attached hydrogens (tertiary/aromatic N) is 2. The predicted molar refractivity (Wildman–Crippen MR) is 74.0 cm³/mol. The van der Waals surface area contributed by atoms with E-state index >= 15 is 0 Å². The van der Waals surface area contributed by atoms with Crippen LogP contribution in [0.25, 0.3) is 5.69 Å². The third-order valence-corrected chi connectivity index (χ3v) is 3.16. The molecule has 2 rings (SSSR count). The van der Waals surface area contributed by atoms with Gasteiger partial charge in [0.05, 0.1) is 23.5 Å². The van der Waals surface area contributed by atoms with Crippen molar-refractivity contribution in [2.24, 2.45) is 0 Å². The summed E-state index contributed by atoms with van der Waals surface area (Å²) in [5, 5.41) is 4.63. The van der Waals surface area contributed by atoms with Crippen molar-refractivity contribution in [3.05, 3.63) is 46.7 Å². The van der Waals surface area contributed by atoms with E-state index in [0.29, 0.717) is 5.02 Å². The summed E-state index contributed by atoms with van der Waals surface area (Å²) in [6.07, 6.45) is 0.